The quantitative estimate of drug-likeness (QED) is 0.448. The minimum atomic E-state index is -0.640. The fourth-order valence-electron chi connectivity index (χ4n) is 1.26. The topological polar surface area (TPSA) is 119 Å². The van der Waals surface area contributed by atoms with Crippen LogP contribution in [0.1, 0.15) is 0 Å². The molecule has 0 radical (unpaired) electrons. The zero-order valence-corrected chi connectivity index (χ0v) is 8.82. The van der Waals surface area contributed by atoms with Crippen LogP contribution in [0, 0.1) is 10.1 Å². The van der Waals surface area contributed by atoms with E-state index in [1.54, 1.807) is 7.05 Å². The maximum atomic E-state index is 10.4. The molecule has 0 amide bonds. The number of rotatable bonds is 4. The van der Waals surface area contributed by atoms with E-state index in [1.807, 2.05) is 0 Å². The minimum Gasteiger partial charge on any atom is -0.397 e. The Labute approximate surface area is 94.8 Å². The molecule has 0 bridgehead atoms. The van der Waals surface area contributed by atoms with E-state index in [9.17, 15) is 10.1 Å². The van der Waals surface area contributed by atoms with E-state index in [0.717, 1.165) is 0 Å². The Bertz CT molecular complexity index is 546. The van der Waals surface area contributed by atoms with Gasteiger partial charge in [0.25, 0.3) is 0 Å². The number of furan rings is 1. The molecule has 0 fully saturated rings. The predicted octanol–water partition coefficient (Wildman–Crippen LogP) is 0.345. The Balaban J connectivity index is 2.32. The summed E-state index contributed by atoms with van der Waals surface area (Å²) in [7, 11) is 1.62. The SMILES string of the molecule is Cn1nc(-c2ccc([N+](=O)[O-])o2)nc1NCO. The van der Waals surface area contributed by atoms with Gasteiger partial charge in [0.2, 0.25) is 11.8 Å². The molecule has 0 unspecified atom stereocenters. The van der Waals surface area contributed by atoms with Crippen molar-refractivity contribution in [3.05, 3.63) is 22.2 Å². The number of hydrogen-bond donors (Lipinski definition) is 2. The molecule has 0 aliphatic heterocycles. The van der Waals surface area contributed by atoms with Crippen molar-refractivity contribution in [2.75, 3.05) is 12.0 Å². The van der Waals surface area contributed by atoms with Gasteiger partial charge in [0, 0.05) is 7.05 Å². The molecule has 0 saturated heterocycles. The van der Waals surface area contributed by atoms with Crippen molar-refractivity contribution in [3.63, 3.8) is 0 Å². The normalized spacial score (nSPS) is 10.5. The number of hydrogen-bond acceptors (Lipinski definition) is 7. The van der Waals surface area contributed by atoms with E-state index in [-0.39, 0.29) is 24.2 Å². The summed E-state index contributed by atoms with van der Waals surface area (Å²) in [6.45, 7) is -0.287. The molecule has 90 valence electrons. The van der Waals surface area contributed by atoms with Crippen molar-refractivity contribution in [3.8, 4) is 11.6 Å². The van der Waals surface area contributed by atoms with Gasteiger partial charge in [-0.25, -0.2) is 4.68 Å². The monoisotopic (exact) mass is 239 g/mol. The van der Waals surface area contributed by atoms with Crippen molar-refractivity contribution in [2.45, 2.75) is 0 Å². The first-order chi connectivity index (χ1) is 8.11. The van der Waals surface area contributed by atoms with Crippen molar-refractivity contribution in [2.24, 2.45) is 7.05 Å². The van der Waals surface area contributed by atoms with Gasteiger partial charge < -0.3 is 14.8 Å². The van der Waals surface area contributed by atoms with Crippen LogP contribution in [0.25, 0.3) is 11.6 Å². The molecule has 0 aliphatic rings. The highest BCUT2D eigenvalue weighted by atomic mass is 16.6. The van der Waals surface area contributed by atoms with Crippen LogP contribution in [0.2, 0.25) is 0 Å². The van der Waals surface area contributed by atoms with Crippen molar-refractivity contribution in [1.82, 2.24) is 14.8 Å². The maximum absolute atomic E-state index is 10.4. The Morgan fingerprint density at radius 2 is 2.41 bits per heavy atom. The molecular weight excluding hydrogens is 230 g/mol. The largest absolute Gasteiger partial charge is 0.433 e. The highest BCUT2D eigenvalue weighted by Crippen LogP contribution is 2.24. The molecule has 9 heteroatoms. The summed E-state index contributed by atoms with van der Waals surface area (Å²) in [4.78, 5) is 13.8. The molecule has 2 aromatic rings. The molecule has 2 rings (SSSR count). The van der Waals surface area contributed by atoms with Gasteiger partial charge in [-0.1, -0.05) is 0 Å². The summed E-state index contributed by atoms with van der Waals surface area (Å²) in [5.74, 6) is 0.362. The molecular formula is C8H9N5O4. The fourth-order valence-corrected chi connectivity index (χ4v) is 1.26. The molecule has 0 aromatic carbocycles. The van der Waals surface area contributed by atoms with E-state index in [0.29, 0.717) is 5.95 Å². The number of aromatic nitrogens is 3. The Kier molecular flexibility index (Phi) is 2.75. The molecule has 17 heavy (non-hydrogen) atoms. The van der Waals surface area contributed by atoms with Crippen LogP contribution < -0.4 is 5.32 Å². The Hall–Kier alpha value is -2.42. The summed E-state index contributed by atoms with van der Waals surface area (Å²) in [5, 5.41) is 25.7. The van der Waals surface area contributed by atoms with Gasteiger partial charge in [0.05, 0.1) is 6.07 Å². The maximum Gasteiger partial charge on any atom is 0.433 e. The molecule has 2 heterocycles. The number of aliphatic hydroxyl groups is 1. The average Bonchev–Trinajstić information content (AvgIpc) is 2.86. The molecule has 2 aromatic heterocycles. The number of nitro groups is 1. The Morgan fingerprint density at radius 3 is 3.00 bits per heavy atom. The first-order valence-electron chi connectivity index (χ1n) is 4.62. The van der Waals surface area contributed by atoms with E-state index in [4.69, 9.17) is 9.52 Å². The fraction of sp³-hybridized carbons (Fsp3) is 0.250. The lowest BCUT2D eigenvalue weighted by Crippen LogP contribution is -2.05. The van der Waals surface area contributed by atoms with E-state index >= 15 is 0 Å². The first kappa shape index (κ1) is 11.1. The van der Waals surface area contributed by atoms with E-state index in [1.165, 1.54) is 16.8 Å². The zero-order chi connectivity index (χ0) is 12.4. The highest BCUT2D eigenvalue weighted by molar-refractivity contribution is 5.50. The lowest BCUT2D eigenvalue weighted by atomic mass is 10.4. The number of nitrogens with one attached hydrogen (secondary N) is 1. The third-order valence-electron chi connectivity index (χ3n) is 1.99. The van der Waals surface area contributed by atoms with Crippen LogP contribution in [0.5, 0.6) is 0 Å². The summed E-state index contributed by atoms with van der Waals surface area (Å²) in [5.41, 5.74) is 0. The summed E-state index contributed by atoms with van der Waals surface area (Å²) in [6, 6.07) is 2.64. The van der Waals surface area contributed by atoms with Crippen molar-refractivity contribution >= 4 is 11.8 Å². The summed E-state index contributed by atoms with van der Waals surface area (Å²) < 4.78 is 6.34. The second kappa shape index (κ2) is 4.22. The summed E-state index contributed by atoms with van der Waals surface area (Å²) >= 11 is 0. The van der Waals surface area contributed by atoms with Gasteiger partial charge in [-0.05, 0) is 6.07 Å². The first-order valence-corrected chi connectivity index (χ1v) is 4.62. The second-order valence-electron chi connectivity index (χ2n) is 3.11. The predicted molar refractivity (Wildman–Crippen MR) is 56.1 cm³/mol. The van der Waals surface area contributed by atoms with Gasteiger partial charge in [0.1, 0.15) is 11.7 Å². The molecule has 0 spiro atoms. The number of nitrogens with zero attached hydrogens (tertiary/aromatic N) is 4. The van der Waals surface area contributed by atoms with Crippen LogP contribution in [0.3, 0.4) is 0 Å². The average molecular weight is 239 g/mol. The number of aryl methyl sites for hydroxylation is 1. The number of aliphatic hydroxyl groups excluding tert-OH is 1. The van der Waals surface area contributed by atoms with Crippen LogP contribution in [0.4, 0.5) is 11.8 Å². The van der Waals surface area contributed by atoms with E-state index in [2.05, 4.69) is 15.4 Å². The third kappa shape index (κ3) is 2.08. The Morgan fingerprint density at radius 1 is 1.65 bits per heavy atom. The second-order valence-corrected chi connectivity index (χ2v) is 3.11. The van der Waals surface area contributed by atoms with Gasteiger partial charge in [-0.2, -0.15) is 4.98 Å². The molecule has 0 saturated carbocycles. The minimum absolute atomic E-state index is 0.193. The van der Waals surface area contributed by atoms with Crippen LogP contribution in [0.15, 0.2) is 16.5 Å². The van der Waals surface area contributed by atoms with Gasteiger partial charge in [-0.15, -0.1) is 5.10 Å². The molecule has 9 nitrogen and oxygen atoms in total. The van der Waals surface area contributed by atoms with Crippen LogP contribution >= 0.6 is 0 Å². The van der Waals surface area contributed by atoms with Gasteiger partial charge >= 0.3 is 5.88 Å². The third-order valence-corrected chi connectivity index (χ3v) is 1.99. The standard InChI is InChI=1S/C8H9N5O4/c1-12-8(9-4-14)10-7(11-12)5-2-3-6(17-5)13(15)16/h2-3,14H,4H2,1H3,(H,9,10,11). The van der Waals surface area contributed by atoms with Crippen LogP contribution in [-0.4, -0.2) is 31.5 Å². The molecule has 0 aliphatic carbocycles. The molecule has 2 N–H and O–H groups in total. The number of anilines is 1. The van der Waals surface area contributed by atoms with Crippen LogP contribution in [-0.2, 0) is 7.05 Å². The molecule has 0 atom stereocenters. The lowest BCUT2D eigenvalue weighted by molar-refractivity contribution is -0.401. The van der Waals surface area contributed by atoms with Crippen molar-refractivity contribution < 1.29 is 14.4 Å². The van der Waals surface area contributed by atoms with E-state index < -0.39 is 4.92 Å². The van der Waals surface area contributed by atoms with Gasteiger partial charge in [0.15, 0.2) is 5.76 Å². The zero-order valence-electron chi connectivity index (χ0n) is 8.82. The highest BCUT2D eigenvalue weighted by Gasteiger charge is 2.17. The smallest absolute Gasteiger partial charge is 0.397 e. The lowest BCUT2D eigenvalue weighted by Gasteiger charge is -1.97. The van der Waals surface area contributed by atoms with Crippen molar-refractivity contribution in [1.29, 1.82) is 0 Å². The van der Waals surface area contributed by atoms with Gasteiger partial charge in [-0.3, -0.25) is 10.1 Å². The summed E-state index contributed by atoms with van der Waals surface area (Å²) in [6.07, 6.45) is 0.